The van der Waals surface area contributed by atoms with Crippen LogP contribution in [0.15, 0.2) is 0 Å². The topological polar surface area (TPSA) is 49.4 Å². The van der Waals surface area contributed by atoms with Crippen molar-refractivity contribution in [2.75, 3.05) is 25.4 Å². The van der Waals surface area contributed by atoms with E-state index in [2.05, 4.69) is 12.2 Å². The first-order valence-electron chi connectivity index (χ1n) is 7.83. The van der Waals surface area contributed by atoms with Crippen molar-refractivity contribution in [2.45, 2.75) is 57.9 Å². The number of hydrogen-bond acceptors (Lipinski definition) is 3. The number of rotatable bonds is 7. The molecule has 2 fully saturated rings. The summed E-state index contributed by atoms with van der Waals surface area (Å²) in [6.07, 6.45) is 7.45. The molecule has 1 aliphatic heterocycles. The molecule has 1 saturated heterocycles. The fraction of sp³-hybridized carbons (Fsp3) is 1.00. The highest BCUT2D eigenvalue weighted by Gasteiger charge is 2.31. The van der Waals surface area contributed by atoms with Crippen LogP contribution in [0.5, 0.6) is 0 Å². The Hall–Kier alpha value is -0.130. The SMILES string of the molecule is CCCN(C1CCNCC1)S(=O)(=O)CCC1CCC1. The first-order chi connectivity index (χ1) is 9.13. The molecule has 19 heavy (non-hydrogen) atoms. The lowest BCUT2D eigenvalue weighted by Gasteiger charge is -2.34. The monoisotopic (exact) mass is 288 g/mol. The molecule has 0 atom stereocenters. The van der Waals surface area contributed by atoms with Crippen molar-refractivity contribution in [2.24, 2.45) is 5.92 Å². The number of piperidine rings is 1. The molecule has 4 nitrogen and oxygen atoms in total. The van der Waals surface area contributed by atoms with E-state index in [-0.39, 0.29) is 6.04 Å². The quantitative estimate of drug-likeness (QED) is 0.779. The van der Waals surface area contributed by atoms with Gasteiger partial charge in [0.25, 0.3) is 0 Å². The molecule has 2 aliphatic rings. The van der Waals surface area contributed by atoms with Crippen molar-refractivity contribution in [1.29, 1.82) is 0 Å². The zero-order valence-electron chi connectivity index (χ0n) is 12.1. The molecule has 2 rings (SSSR count). The molecule has 0 aromatic heterocycles. The predicted octanol–water partition coefficient (Wildman–Crippen LogP) is 1.97. The van der Waals surface area contributed by atoms with E-state index in [4.69, 9.17) is 0 Å². The number of sulfonamides is 1. The minimum Gasteiger partial charge on any atom is -0.317 e. The smallest absolute Gasteiger partial charge is 0.214 e. The third-order valence-corrected chi connectivity index (χ3v) is 6.47. The molecule has 1 saturated carbocycles. The van der Waals surface area contributed by atoms with Crippen molar-refractivity contribution in [3.05, 3.63) is 0 Å². The normalized spacial score (nSPS) is 22.6. The summed E-state index contributed by atoms with van der Waals surface area (Å²) in [7, 11) is -3.05. The van der Waals surface area contributed by atoms with Gasteiger partial charge in [-0.1, -0.05) is 26.2 Å². The van der Waals surface area contributed by atoms with Gasteiger partial charge in [-0.2, -0.15) is 4.31 Å². The van der Waals surface area contributed by atoms with Gasteiger partial charge in [0.2, 0.25) is 10.0 Å². The highest BCUT2D eigenvalue weighted by molar-refractivity contribution is 7.89. The second-order valence-corrected chi connectivity index (χ2v) is 8.03. The number of hydrogen-bond donors (Lipinski definition) is 1. The zero-order chi connectivity index (χ0) is 13.7. The van der Waals surface area contributed by atoms with Crippen molar-refractivity contribution in [3.63, 3.8) is 0 Å². The van der Waals surface area contributed by atoms with E-state index >= 15 is 0 Å². The van der Waals surface area contributed by atoms with Crippen LogP contribution in [0.1, 0.15) is 51.9 Å². The van der Waals surface area contributed by atoms with Crippen LogP contribution in [0.2, 0.25) is 0 Å². The largest absolute Gasteiger partial charge is 0.317 e. The lowest BCUT2D eigenvalue weighted by atomic mass is 9.84. The Morgan fingerprint density at radius 1 is 1.16 bits per heavy atom. The van der Waals surface area contributed by atoms with Gasteiger partial charge in [0.15, 0.2) is 0 Å². The molecule has 1 aliphatic carbocycles. The molecular weight excluding hydrogens is 260 g/mol. The maximum absolute atomic E-state index is 12.6. The average molecular weight is 288 g/mol. The third kappa shape index (κ3) is 4.17. The number of nitrogens with one attached hydrogen (secondary N) is 1. The molecule has 1 heterocycles. The summed E-state index contributed by atoms with van der Waals surface area (Å²) in [6, 6.07) is 0.229. The molecule has 0 unspecified atom stereocenters. The van der Waals surface area contributed by atoms with E-state index in [0.717, 1.165) is 38.8 Å². The Morgan fingerprint density at radius 3 is 2.37 bits per heavy atom. The van der Waals surface area contributed by atoms with Crippen molar-refractivity contribution in [1.82, 2.24) is 9.62 Å². The Bertz CT molecular complexity index is 360. The van der Waals surface area contributed by atoms with Gasteiger partial charge < -0.3 is 5.32 Å². The van der Waals surface area contributed by atoms with E-state index in [1.165, 1.54) is 19.3 Å². The number of nitrogens with zero attached hydrogens (tertiary/aromatic N) is 1. The van der Waals surface area contributed by atoms with Gasteiger partial charge in [-0.05, 0) is 44.7 Å². The van der Waals surface area contributed by atoms with Crippen LogP contribution < -0.4 is 5.32 Å². The lowest BCUT2D eigenvalue weighted by Crippen LogP contribution is -2.47. The Labute approximate surface area is 118 Å². The second kappa shape index (κ2) is 7.04. The van der Waals surface area contributed by atoms with Gasteiger partial charge >= 0.3 is 0 Å². The van der Waals surface area contributed by atoms with E-state index in [1.54, 1.807) is 0 Å². The van der Waals surface area contributed by atoms with E-state index < -0.39 is 10.0 Å². The van der Waals surface area contributed by atoms with Crippen LogP contribution in [0.4, 0.5) is 0 Å². The summed E-state index contributed by atoms with van der Waals surface area (Å²) in [6.45, 7) is 4.65. The molecule has 5 heteroatoms. The van der Waals surface area contributed by atoms with Gasteiger partial charge in [-0.25, -0.2) is 8.42 Å². The van der Waals surface area contributed by atoms with Crippen LogP contribution in [-0.2, 0) is 10.0 Å². The average Bonchev–Trinajstić information content (AvgIpc) is 2.34. The molecule has 1 N–H and O–H groups in total. The molecule has 0 aromatic carbocycles. The van der Waals surface area contributed by atoms with Crippen molar-refractivity contribution >= 4 is 10.0 Å². The highest BCUT2D eigenvalue weighted by Crippen LogP contribution is 2.30. The molecule has 0 aromatic rings. The first kappa shape index (κ1) is 15.3. The minimum atomic E-state index is -3.05. The standard InChI is InChI=1S/C14H28N2O2S/c1-2-11-16(14-6-9-15-10-7-14)19(17,18)12-8-13-4-3-5-13/h13-15H,2-12H2,1H3. The second-order valence-electron chi connectivity index (χ2n) is 5.99. The van der Waals surface area contributed by atoms with Gasteiger partial charge in [0.1, 0.15) is 0 Å². The summed E-state index contributed by atoms with van der Waals surface area (Å²) in [5.74, 6) is 1.04. The fourth-order valence-electron chi connectivity index (χ4n) is 3.08. The molecule has 0 bridgehead atoms. The molecule has 112 valence electrons. The van der Waals surface area contributed by atoms with E-state index in [1.807, 2.05) is 4.31 Å². The third-order valence-electron chi connectivity index (χ3n) is 4.53. The van der Waals surface area contributed by atoms with Crippen LogP contribution in [0, 0.1) is 5.92 Å². The molecule has 0 radical (unpaired) electrons. The molecule has 0 amide bonds. The van der Waals surface area contributed by atoms with Crippen LogP contribution in [0.25, 0.3) is 0 Å². The predicted molar refractivity (Wildman–Crippen MR) is 78.6 cm³/mol. The summed E-state index contributed by atoms with van der Waals surface area (Å²) in [5, 5.41) is 3.31. The summed E-state index contributed by atoms with van der Waals surface area (Å²) in [4.78, 5) is 0. The van der Waals surface area contributed by atoms with Crippen LogP contribution in [0.3, 0.4) is 0 Å². The lowest BCUT2D eigenvalue weighted by molar-refractivity contribution is 0.258. The van der Waals surface area contributed by atoms with Crippen molar-refractivity contribution < 1.29 is 8.42 Å². The van der Waals surface area contributed by atoms with E-state index in [9.17, 15) is 8.42 Å². The molecule has 0 spiro atoms. The Balaban J connectivity index is 1.94. The fourth-order valence-corrected chi connectivity index (χ4v) is 5.07. The summed E-state index contributed by atoms with van der Waals surface area (Å²) < 4.78 is 27.0. The van der Waals surface area contributed by atoms with Crippen molar-refractivity contribution in [3.8, 4) is 0 Å². The first-order valence-corrected chi connectivity index (χ1v) is 9.44. The highest BCUT2D eigenvalue weighted by atomic mass is 32.2. The maximum atomic E-state index is 12.6. The minimum absolute atomic E-state index is 0.229. The Kier molecular flexibility index (Phi) is 5.66. The van der Waals surface area contributed by atoms with Gasteiger partial charge in [0, 0.05) is 12.6 Å². The maximum Gasteiger partial charge on any atom is 0.214 e. The Morgan fingerprint density at radius 2 is 1.84 bits per heavy atom. The van der Waals surface area contributed by atoms with Gasteiger partial charge in [0.05, 0.1) is 5.75 Å². The summed E-state index contributed by atoms with van der Waals surface area (Å²) in [5.41, 5.74) is 0. The van der Waals surface area contributed by atoms with E-state index in [0.29, 0.717) is 18.2 Å². The van der Waals surface area contributed by atoms with Crippen LogP contribution in [-0.4, -0.2) is 44.2 Å². The van der Waals surface area contributed by atoms with Gasteiger partial charge in [-0.15, -0.1) is 0 Å². The van der Waals surface area contributed by atoms with Gasteiger partial charge in [-0.3, -0.25) is 0 Å². The zero-order valence-corrected chi connectivity index (χ0v) is 12.9. The molecular formula is C14H28N2O2S. The van der Waals surface area contributed by atoms with Crippen LogP contribution >= 0.6 is 0 Å². The summed E-state index contributed by atoms with van der Waals surface area (Å²) >= 11 is 0.